The van der Waals surface area contributed by atoms with Crippen LogP contribution in [0.25, 0.3) is 11.5 Å². The molecule has 1 aromatic carbocycles. The molecule has 1 aliphatic rings. The van der Waals surface area contributed by atoms with E-state index >= 15 is 0 Å². The van der Waals surface area contributed by atoms with Crippen molar-refractivity contribution in [2.75, 3.05) is 13.2 Å². The van der Waals surface area contributed by atoms with Crippen LogP contribution in [-0.4, -0.2) is 28.5 Å². The maximum atomic E-state index is 9.67. The Morgan fingerprint density at radius 2 is 2.28 bits per heavy atom. The number of phenols is 1. The quantitative estimate of drug-likeness (QED) is 0.880. The number of ether oxygens (including phenoxy) is 1. The first-order chi connectivity index (χ1) is 8.75. The topological polar surface area (TPSA) is 68.4 Å². The number of rotatable bonds is 2. The number of hydrogen-bond donors (Lipinski definition) is 1. The molecule has 94 valence electrons. The molecule has 0 amide bonds. The van der Waals surface area contributed by atoms with Gasteiger partial charge in [0.15, 0.2) is 5.82 Å². The lowest BCUT2D eigenvalue weighted by Gasteiger charge is -2.02. The second-order valence-electron chi connectivity index (χ2n) is 4.47. The van der Waals surface area contributed by atoms with Crippen molar-refractivity contribution in [1.29, 1.82) is 0 Å². The SMILES string of the molecule is Cc1c(O)cccc1-c1nc([C@@H]2CCOC2)no1. The summed E-state index contributed by atoms with van der Waals surface area (Å²) < 4.78 is 10.6. The van der Waals surface area contributed by atoms with Gasteiger partial charge < -0.3 is 14.4 Å². The Kier molecular flexibility index (Phi) is 2.76. The van der Waals surface area contributed by atoms with Crippen LogP contribution in [-0.2, 0) is 4.74 Å². The van der Waals surface area contributed by atoms with E-state index in [2.05, 4.69) is 10.1 Å². The van der Waals surface area contributed by atoms with E-state index in [9.17, 15) is 5.11 Å². The molecular formula is C13H14N2O3. The Balaban J connectivity index is 1.95. The van der Waals surface area contributed by atoms with Gasteiger partial charge in [0, 0.05) is 23.7 Å². The molecule has 0 aliphatic carbocycles. The minimum Gasteiger partial charge on any atom is -0.508 e. The van der Waals surface area contributed by atoms with Crippen LogP contribution in [0.4, 0.5) is 0 Å². The maximum Gasteiger partial charge on any atom is 0.258 e. The summed E-state index contributed by atoms with van der Waals surface area (Å²) in [5.74, 6) is 1.59. The van der Waals surface area contributed by atoms with E-state index in [1.165, 1.54) is 0 Å². The zero-order valence-electron chi connectivity index (χ0n) is 10.1. The van der Waals surface area contributed by atoms with Gasteiger partial charge in [0.25, 0.3) is 5.89 Å². The molecule has 18 heavy (non-hydrogen) atoms. The monoisotopic (exact) mass is 246 g/mol. The molecule has 1 aromatic heterocycles. The molecule has 5 nitrogen and oxygen atoms in total. The summed E-state index contributed by atoms with van der Waals surface area (Å²) in [5.41, 5.74) is 1.52. The summed E-state index contributed by atoms with van der Waals surface area (Å²) in [6.45, 7) is 3.23. The van der Waals surface area contributed by atoms with Crippen LogP contribution in [0.5, 0.6) is 5.75 Å². The van der Waals surface area contributed by atoms with E-state index in [4.69, 9.17) is 9.26 Å². The second kappa shape index (κ2) is 4.42. The highest BCUT2D eigenvalue weighted by Gasteiger charge is 2.24. The number of aromatic hydroxyl groups is 1. The molecule has 2 aromatic rings. The van der Waals surface area contributed by atoms with Crippen LogP contribution in [0.3, 0.4) is 0 Å². The molecule has 3 rings (SSSR count). The van der Waals surface area contributed by atoms with E-state index < -0.39 is 0 Å². The molecule has 1 N–H and O–H groups in total. The molecule has 1 atom stereocenters. The van der Waals surface area contributed by atoms with E-state index in [1.807, 2.05) is 13.0 Å². The first-order valence-electron chi connectivity index (χ1n) is 5.96. The minimum absolute atomic E-state index is 0.222. The number of hydrogen-bond acceptors (Lipinski definition) is 5. The van der Waals surface area contributed by atoms with E-state index in [0.717, 1.165) is 24.2 Å². The third-order valence-corrected chi connectivity index (χ3v) is 3.27. The maximum absolute atomic E-state index is 9.67. The van der Waals surface area contributed by atoms with Crippen LogP contribution in [0, 0.1) is 6.92 Å². The highest BCUT2D eigenvalue weighted by molar-refractivity contribution is 5.61. The molecule has 1 saturated heterocycles. The standard InChI is InChI=1S/C13H14N2O3/c1-8-10(3-2-4-11(8)16)13-14-12(15-18-13)9-5-6-17-7-9/h2-4,9,16H,5-7H2,1H3/t9-/m1/s1. The van der Waals surface area contributed by atoms with Gasteiger partial charge in [-0.05, 0) is 25.5 Å². The fraction of sp³-hybridized carbons (Fsp3) is 0.385. The molecular weight excluding hydrogens is 232 g/mol. The van der Waals surface area contributed by atoms with Crippen LogP contribution < -0.4 is 0 Å². The first-order valence-corrected chi connectivity index (χ1v) is 5.96. The summed E-state index contributed by atoms with van der Waals surface area (Å²) in [6, 6.07) is 5.26. The van der Waals surface area contributed by atoms with Crippen molar-refractivity contribution in [3.8, 4) is 17.2 Å². The largest absolute Gasteiger partial charge is 0.508 e. The van der Waals surface area contributed by atoms with E-state index in [-0.39, 0.29) is 11.7 Å². The van der Waals surface area contributed by atoms with Gasteiger partial charge in [0.1, 0.15) is 5.75 Å². The highest BCUT2D eigenvalue weighted by atomic mass is 16.5. The van der Waals surface area contributed by atoms with E-state index in [0.29, 0.717) is 18.3 Å². The smallest absolute Gasteiger partial charge is 0.258 e. The lowest BCUT2D eigenvalue weighted by Crippen LogP contribution is -1.99. The summed E-state index contributed by atoms with van der Waals surface area (Å²) in [4.78, 5) is 4.40. The number of phenolic OH excluding ortho intramolecular Hbond substituents is 1. The molecule has 0 spiro atoms. The zero-order chi connectivity index (χ0) is 12.5. The Bertz CT molecular complexity index is 559. The predicted octanol–water partition coefficient (Wildman–Crippen LogP) is 2.25. The Morgan fingerprint density at radius 1 is 1.39 bits per heavy atom. The third-order valence-electron chi connectivity index (χ3n) is 3.27. The minimum atomic E-state index is 0.222. The van der Waals surface area contributed by atoms with Gasteiger partial charge in [0.05, 0.1) is 6.61 Å². The van der Waals surface area contributed by atoms with Crippen molar-refractivity contribution in [2.45, 2.75) is 19.3 Å². The second-order valence-corrected chi connectivity index (χ2v) is 4.47. The molecule has 1 fully saturated rings. The van der Waals surface area contributed by atoms with Gasteiger partial charge in [0.2, 0.25) is 0 Å². The molecule has 1 aliphatic heterocycles. The summed E-state index contributed by atoms with van der Waals surface area (Å²) in [6.07, 6.45) is 0.929. The molecule has 5 heteroatoms. The van der Waals surface area contributed by atoms with Gasteiger partial charge in [-0.15, -0.1) is 0 Å². The van der Waals surface area contributed by atoms with Crippen LogP contribution >= 0.6 is 0 Å². The van der Waals surface area contributed by atoms with Crippen molar-refractivity contribution >= 4 is 0 Å². The van der Waals surface area contributed by atoms with Crippen LogP contribution in [0.15, 0.2) is 22.7 Å². The Morgan fingerprint density at radius 3 is 3.06 bits per heavy atom. The summed E-state index contributed by atoms with van der Waals surface area (Å²) in [5, 5.41) is 13.7. The summed E-state index contributed by atoms with van der Waals surface area (Å²) >= 11 is 0. The molecule has 0 bridgehead atoms. The number of aromatic nitrogens is 2. The number of benzene rings is 1. The molecule has 0 radical (unpaired) electrons. The zero-order valence-corrected chi connectivity index (χ0v) is 10.1. The number of nitrogens with zero attached hydrogens (tertiary/aromatic N) is 2. The van der Waals surface area contributed by atoms with Gasteiger partial charge in [-0.2, -0.15) is 4.98 Å². The van der Waals surface area contributed by atoms with Crippen molar-refractivity contribution in [2.24, 2.45) is 0 Å². The fourth-order valence-corrected chi connectivity index (χ4v) is 2.10. The van der Waals surface area contributed by atoms with Crippen molar-refractivity contribution in [1.82, 2.24) is 10.1 Å². The Hall–Kier alpha value is -1.88. The lowest BCUT2D eigenvalue weighted by molar-refractivity contribution is 0.192. The highest BCUT2D eigenvalue weighted by Crippen LogP contribution is 2.30. The lowest BCUT2D eigenvalue weighted by atomic mass is 10.1. The molecule has 0 saturated carbocycles. The first kappa shape index (κ1) is 11.2. The van der Waals surface area contributed by atoms with Crippen LogP contribution in [0.1, 0.15) is 23.7 Å². The summed E-state index contributed by atoms with van der Waals surface area (Å²) in [7, 11) is 0. The van der Waals surface area contributed by atoms with Gasteiger partial charge in [-0.25, -0.2) is 0 Å². The normalized spacial score (nSPS) is 19.3. The fourth-order valence-electron chi connectivity index (χ4n) is 2.10. The van der Waals surface area contributed by atoms with E-state index in [1.54, 1.807) is 12.1 Å². The van der Waals surface area contributed by atoms with Crippen molar-refractivity contribution in [3.05, 3.63) is 29.6 Å². The van der Waals surface area contributed by atoms with Gasteiger partial charge >= 0.3 is 0 Å². The molecule has 2 heterocycles. The van der Waals surface area contributed by atoms with Crippen LogP contribution in [0.2, 0.25) is 0 Å². The van der Waals surface area contributed by atoms with Crippen molar-refractivity contribution in [3.63, 3.8) is 0 Å². The molecule has 0 unspecified atom stereocenters. The predicted molar refractivity (Wildman–Crippen MR) is 64.3 cm³/mol. The average molecular weight is 246 g/mol. The van der Waals surface area contributed by atoms with Gasteiger partial charge in [-0.1, -0.05) is 11.2 Å². The van der Waals surface area contributed by atoms with Gasteiger partial charge in [-0.3, -0.25) is 0 Å². The average Bonchev–Trinajstić information content (AvgIpc) is 3.01. The van der Waals surface area contributed by atoms with Crippen molar-refractivity contribution < 1.29 is 14.4 Å². The third kappa shape index (κ3) is 1.86. The Labute approximate surface area is 104 Å².